The van der Waals surface area contributed by atoms with Crippen molar-refractivity contribution < 1.29 is 4.74 Å². The maximum atomic E-state index is 14.2. The molecule has 0 aliphatic heterocycles. The highest BCUT2D eigenvalue weighted by Gasteiger charge is 2.40. The molecule has 0 radical (unpaired) electrons. The summed E-state index contributed by atoms with van der Waals surface area (Å²) in [6.45, 7) is 0.0895. The number of hydrogen-bond acceptors (Lipinski definition) is 4. The number of benzene rings is 4. The fourth-order valence-corrected chi connectivity index (χ4v) is 5.42. The molecule has 0 unspecified atom stereocenters. The molecule has 0 fully saturated rings. The topological polar surface area (TPSA) is 71.1 Å². The van der Waals surface area contributed by atoms with Crippen molar-refractivity contribution >= 4 is 11.2 Å². The maximum Gasteiger partial charge on any atom is 0.334 e. The fourth-order valence-electron chi connectivity index (χ4n) is 5.42. The molecular weight excluding hydrogens is 500 g/mol. The van der Waals surface area contributed by atoms with Crippen LogP contribution in [0.15, 0.2) is 137 Å². The molecule has 0 saturated carbocycles. The van der Waals surface area contributed by atoms with Crippen molar-refractivity contribution in [3.63, 3.8) is 0 Å². The lowest BCUT2D eigenvalue weighted by Gasteiger charge is -2.37. The van der Waals surface area contributed by atoms with Gasteiger partial charge in [-0.05, 0) is 22.3 Å². The van der Waals surface area contributed by atoms with Gasteiger partial charge >= 0.3 is 5.69 Å². The molecule has 0 amide bonds. The van der Waals surface area contributed by atoms with Gasteiger partial charge in [0, 0.05) is 7.05 Å². The number of aromatic nitrogens is 4. The quantitative estimate of drug-likeness (QED) is 0.263. The van der Waals surface area contributed by atoms with Crippen LogP contribution in [0.2, 0.25) is 0 Å². The minimum atomic E-state index is -0.947. The van der Waals surface area contributed by atoms with Crippen LogP contribution in [0, 0.1) is 0 Å². The number of hydrogen-bond donors (Lipinski definition) is 0. The van der Waals surface area contributed by atoms with Crippen LogP contribution >= 0.6 is 0 Å². The summed E-state index contributed by atoms with van der Waals surface area (Å²) in [6, 6.07) is 39.8. The highest BCUT2D eigenvalue weighted by molar-refractivity contribution is 5.72. The van der Waals surface area contributed by atoms with Crippen LogP contribution < -0.4 is 11.2 Å². The second kappa shape index (κ2) is 10.6. The minimum Gasteiger partial charge on any atom is -0.356 e. The molecule has 198 valence electrons. The van der Waals surface area contributed by atoms with Gasteiger partial charge in [-0.25, -0.2) is 14.3 Å². The highest BCUT2D eigenvalue weighted by atomic mass is 16.5. The Labute approximate surface area is 231 Å². The number of aryl methyl sites for hydroxylation is 1. The number of nitrogens with zero attached hydrogens (tertiary/aromatic N) is 4. The second-order valence-corrected chi connectivity index (χ2v) is 9.63. The van der Waals surface area contributed by atoms with Gasteiger partial charge in [0.15, 0.2) is 11.2 Å². The van der Waals surface area contributed by atoms with Gasteiger partial charge in [0.2, 0.25) is 0 Å². The molecule has 6 aromatic rings. The molecule has 0 spiro atoms. The van der Waals surface area contributed by atoms with E-state index in [1.54, 1.807) is 13.4 Å². The Morgan fingerprint density at radius 2 is 1.18 bits per heavy atom. The zero-order valence-corrected chi connectivity index (χ0v) is 22.1. The third-order valence-electron chi connectivity index (χ3n) is 7.30. The van der Waals surface area contributed by atoms with Gasteiger partial charge in [0.25, 0.3) is 5.56 Å². The van der Waals surface area contributed by atoms with Gasteiger partial charge in [0.1, 0.15) is 12.3 Å². The van der Waals surface area contributed by atoms with E-state index in [1.165, 1.54) is 4.57 Å². The Bertz CT molecular complexity index is 1760. The van der Waals surface area contributed by atoms with Crippen molar-refractivity contribution in [3.8, 4) is 0 Å². The van der Waals surface area contributed by atoms with Crippen LogP contribution in [0.5, 0.6) is 0 Å². The molecule has 0 N–H and O–H groups in total. The second-order valence-electron chi connectivity index (χ2n) is 9.63. The molecule has 6 rings (SSSR count). The standard InChI is InChI=1S/C33H28N4O3/c1-35-30-29(31(38)36(32(35)39)24-40-22-25-14-6-2-7-15-25)37(23-34-30)33(26-16-8-3-9-17-26,27-18-10-4-11-19-27)28-20-12-5-13-21-28/h2-21,23H,22,24H2,1H3. The van der Waals surface area contributed by atoms with Crippen LogP contribution in [0.3, 0.4) is 0 Å². The lowest BCUT2D eigenvalue weighted by Crippen LogP contribution is -2.43. The first kappa shape index (κ1) is 25.3. The number of rotatable bonds is 8. The first-order chi connectivity index (χ1) is 19.6. The van der Waals surface area contributed by atoms with E-state index in [1.807, 2.05) is 89.5 Å². The third kappa shape index (κ3) is 4.17. The largest absolute Gasteiger partial charge is 0.356 e. The number of fused-ring (bicyclic) bond motifs is 1. The zero-order chi connectivity index (χ0) is 27.5. The molecule has 7 nitrogen and oxygen atoms in total. The van der Waals surface area contributed by atoms with E-state index in [9.17, 15) is 9.59 Å². The summed E-state index contributed by atoms with van der Waals surface area (Å²) in [7, 11) is 1.63. The Kier molecular flexibility index (Phi) is 6.72. The molecular formula is C33H28N4O3. The minimum absolute atomic E-state index is 0.184. The normalized spacial score (nSPS) is 11.6. The molecule has 0 bridgehead atoms. The monoisotopic (exact) mass is 528 g/mol. The number of imidazole rings is 1. The van der Waals surface area contributed by atoms with Crippen LogP contribution in [0.4, 0.5) is 0 Å². The molecule has 0 saturated heterocycles. The van der Waals surface area contributed by atoms with Crippen LogP contribution in [0.1, 0.15) is 22.3 Å². The van der Waals surface area contributed by atoms with E-state index in [4.69, 9.17) is 4.74 Å². The van der Waals surface area contributed by atoms with Crippen molar-refractivity contribution in [2.75, 3.05) is 0 Å². The van der Waals surface area contributed by atoms with Gasteiger partial charge in [-0.2, -0.15) is 0 Å². The van der Waals surface area contributed by atoms with Gasteiger partial charge in [0.05, 0.1) is 12.9 Å². The SMILES string of the molecule is Cn1c(=O)n(COCc2ccccc2)c(=O)c2c1ncn2C(c1ccccc1)(c1ccccc1)c1ccccc1. The van der Waals surface area contributed by atoms with E-state index in [0.29, 0.717) is 11.2 Å². The molecule has 0 aliphatic carbocycles. The molecule has 40 heavy (non-hydrogen) atoms. The Hall–Kier alpha value is -5.01. The zero-order valence-electron chi connectivity index (χ0n) is 22.1. The summed E-state index contributed by atoms with van der Waals surface area (Å²) in [5.74, 6) is 0. The van der Waals surface area contributed by atoms with Gasteiger partial charge < -0.3 is 9.30 Å². The summed E-state index contributed by atoms with van der Waals surface area (Å²) in [5, 5.41) is 0. The summed E-state index contributed by atoms with van der Waals surface area (Å²) >= 11 is 0. The van der Waals surface area contributed by atoms with E-state index in [0.717, 1.165) is 26.8 Å². The highest BCUT2D eigenvalue weighted by Crippen LogP contribution is 2.41. The van der Waals surface area contributed by atoms with Gasteiger partial charge in [-0.15, -0.1) is 0 Å². The van der Waals surface area contributed by atoms with Crippen LogP contribution in [-0.4, -0.2) is 18.7 Å². The first-order valence-electron chi connectivity index (χ1n) is 13.1. The van der Waals surface area contributed by atoms with Crippen LogP contribution in [0.25, 0.3) is 11.2 Å². The lowest BCUT2D eigenvalue weighted by atomic mass is 9.76. The van der Waals surface area contributed by atoms with Crippen molar-refractivity contribution in [2.24, 2.45) is 7.05 Å². The predicted octanol–water partition coefficient (Wildman–Crippen LogP) is 4.91. The first-order valence-corrected chi connectivity index (χ1v) is 13.1. The summed E-state index contributed by atoms with van der Waals surface area (Å²) < 4.78 is 10.3. The van der Waals surface area contributed by atoms with Crippen LogP contribution in [-0.2, 0) is 30.7 Å². The Balaban J connectivity index is 1.62. The van der Waals surface area contributed by atoms with Crippen molar-refractivity contribution in [3.05, 3.63) is 171 Å². The molecule has 2 heterocycles. The van der Waals surface area contributed by atoms with E-state index >= 15 is 0 Å². The molecule has 0 atom stereocenters. The fraction of sp³-hybridized carbons (Fsp3) is 0.121. The summed E-state index contributed by atoms with van der Waals surface area (Å²) in [6.07, 6.45) is 1.66. The summed E-state index contributed by atoms with van der Waals surface area (Å²) in [4.78, 5) is 32.1. The van der Waals surface area contributed by atoms with E-state index in [2.05, 4.69) is 41.4 Å². The number of ether oxygens (including phenoxy) is 1. The smallest absolute Gasteiger partial charge is 0.334 e. The lowest BCUT2D eigenvalue weighted by molar-refractivity contribution is 0.0585. The Morgan fingerprint density at radius 1 is 0.700 bits per heavy atom. The Morgan fingerprint density at radius 3 is 1.68 bits per heavy atom. The van der Waals surface area contributed by atoms with E-state index in [-0.39, 0.29) is 13.3 Å². The predicted molar refractivity (Wildman–Crippen MR) is 155 cm³/mol. The molecule has 7 heteroatoms. The average molecular weight is 529 g/mol. The van der Waals surface area contributed by atoms with Crippen molar-refractivity contribution in [2.45, 2.75) is 18.9 Å². The average Bonchev–Trinajstić information content (AvgIpc) is 3.46. The van der Waals surface area contributed by atoms with Crippen molar-refractivity contribution in [1.82, 2.24) is 18.7 Å². The molecule has 4 aromatic carbocycles. The van der Waals surface area contributed by atoms with Crippen molar-refractivity contribution in [1.29, 1.82) is 0 Å². The molecule has 0 aliphatic rings. The van der Waals surface area contributed by atoms with Gasteiger partial charge in [-0.3, -0.25) is 9.36 Å². The van der Waals surface area contributed by atoms with Gasteiger partial charge in [-0.1, -0.05) is 121 Å². The summed E-state index contributed by atoms with van der Waals surface area (Å²) in [5.41, 5.74) is 2.53. The molecule has 2 aromatic heterocycles. The maximum absolute atomic E-state index is 14.2. The van der Waals surface area contributed by atoms with E-state index < -0.39 is 16.8 Å². The third-order valence-corrected chi connectivity index (χ3v) is 7.30.